The maximum atomic E-state index is 9.30. The highest BCUT2D eigenvalue weighted by molar-refractivity contribution is 7.99. The summed E-state index contributed by atoms with van der Waals surface area (Å²) < 4.78 is 0. The minimum Gasteiger partial charge on any atom is -0.333 e. The second kappa shape index (κ2) is 5.81. The lowest BCUT2D eigenvalue weighted by molar-refractivity contribution is 0.984. The van der Waals surface area contributed by atoms with Crippen LogP contribution >= 0.6 is 11.8 Å². The highest BCUT2D eigenvalue weighted by Crippen LogP contribution is 2.25. The molecule has 0 fully saturated rings. The van der Waals surface area contributed by atoms with Crippen molar-refractivity contribution in [3.05, 3.63) is 60.2 Å². The number of hydrogen-bond acceptors (Lipinski definition) is 3. The zero-order chi connectivity index (χ0) is 13.8. The van der Waals surface area contributed by atoms with E-state index >= 15 is 0 Å². The fraction of sp³-hybridized carbons (Fsp3) is 0.125. The number of nitrogens with zero attached hydrogens (tertiary/aromatic N) is 2. The van der Waals surface area contributed by atoms with E-state index in [9.17, 15) is 5.26 Å². The molecule has 0 bridgehead atoms. The Kier molecular flexibility index (Phi) is 3.71. The van der Waals surface area contributed by atoms with E-state index in [2.05, 4.69) is 16.0 Å². The zero-order valence-corrected chi connectivity index (χ0v) is 11.6. The summed E-state index contributed by atoms with van der Waals surface area (Å²) in [4.78, 5) is 7.78. The standard InChI is InChI=1S/C16H13N3S/c17-10-13(12-6-2-1-3-7-12)11-20-16-18-14-8-4-5-9-15(14)19-16/h1-9,13H,11H2,(H,18,19). The molecule has 3 rings (SSSR count). The van der Waals surface area contributed by atoms with Gasteiger partial charge in [0.15, 0.2) is 5.16 Å². The Balaban J connectivity index is 1.73. The number of nitrogens with one attached hydrogen (secondary N) is 1. The predicted molar refractivity (Wildman–Crippen MR) is 81.6 cm³/mol. The average molecular weight is 279 g/mol. The van der Waals surface area contributed by atoms with E-state index < -0.39 is 0 Å². The predicted octanol–water partition coefficient (Wildman–Crippen LogP) is 3.96. The van der Waals surface area contributed by atoms with Gasteiger partial charge in [0, 0.05) is 5.75 Å². The van der Waals surface area contributed by atoms with Gasteiger partial charge < -0.3 is 4.98 Å². The van der Waals surface area contributed by atoms with Gasteiger partial charge in [0.1, 0.15) is 0 Å². The molecule has 20 heavy (non-hydrogen) atoms. The Hall–Kier alpha value is -2.25. The summed E-state index contributed by atoms with van der Waals surface area (Å²) in [6.45, 7) is 0. The number of para-hydroxylation sites is 2. The molecule has 4 heteroatoms. The number of H-pyrrole nitrogens is 1. The van der Waals surface area contributed by atoms with Gasteiger partial charge in [-0.1, -0.05) is 54.2 Å². The fourth-order valence-electron chi connectivity index (χ4n) is 2.05. The number of hydrogen-bond donors (Lipinski definition) is 1. The van der Waals surface area contributed by atoms with E-state index in [4.69, 9.17) is 0 Å². The maximum absolute atomic E-state index is 9.30. The first kappa shape index (κ1) is 12.8. The van der Waals surface area contributed by atoms with Crippen LogP contribution < -0.4 is 0 Å². The summed E-state index contributed by atoms with van der Waals surface area (Å²) in [6.07, 6.45) is 0. The van der Waals surface area contributed by atoms with Gasteiger partial charge in [0.05, 0.1) is 23.0 Å². The summed E-state index contributed by atoms with van der Waals surface area (Å²) in [5.41, 5.74) is 3.05. The second-order valence-corrected chi connectivity index (χ2v) is 5.47. The minimum absolute atomic E-state index is 0.116. The Morgan fingerprint density at radius 1 is 1.10 bits per heavy atom. The van der Waals surface area contributed by atoms with Gasteiger partial charge in [0.25, 0.3) is 0 Å². The highest BCUT2D eigenvalue weighted by atomic mass is 32.2. The van der Waals surface area contributed by atoms with Crippen LogP contribution in [0.15, 0.2) is 59.8 Å². The lowest BCUT2D eigenvalue weighted by Crippen LogP contribution is -1.98. The SMILES string of the molecule is N#CC(CSc1nc2ccccc2[nH]1)c1ccccc1. The number of aromatic amines is 1. The van der Waals surface area contributed by atoms with Crippen LogP contribution in [0.5, 0.6) is 0 Å². The normalized spacial score (nSPS) is 12.2. The van der Waals surface area contributed by atoms with Crippen molar-refractivity contribution < 1.29 is 0 Å². The summed E-state index contributed by atoms with van der Waals surface area (Å²) in [5, 5.41) is 10.2. The van der Waals surface area contributed by atoms with E-state index in [0.29, 0.717) is 5.75 Å². The third kappa shape index (κ3) is 2.68. The van der Waals surface area contributed by atoms with Crippen molar-refractivity contribution in [2.75, 3.05) is 5.75 Å². The number of benzene rings is 2. The Morgan fingerprint density at radius 3 is 2.60 bits per heavy atom. The molecule has 1 atom stereocenters. The second-order valence-electron chi connectivity index (χ2n) is 4.46. The number of rotatable bonds is 4. The number of imidazole rings is 1. The molecule has 1 aromatic heterocycles. The molecule has 98 valence electrons. The van der Waals surface area contributed by atoms with Gasteiger partial charge in [-0.3, -0.25) is 0 Å². The maximum Gasteiger partial charge on any atom is 0.166 e. The van der Waals surface area contributed by atoms with E-state index in [1.54, 1.807) is 11.8 Å². The summed E-state index contributed by atoms with van der Waals surface area (Å²) in [5.74, 6) is 0.578. The van der Waals surface area contributed by atoms with Crippen LogP contribution in [0, 0.1) is 11.3 Å². The average Bonchev–Trinajstić information content (AvgIpc) is 2.92. The first-order valence-corrected chi connectivity index (χ1v) is 7.37. The molecule has 0 aliphatic heterocycles. The molecular weight excluding hydrogens is 266 g/mol. The van der Waals surface area contributed by atoms with Gasteiger partial charge in [-0.2, -0.15) is 5.26 Å². The van der Waals surface area contributed by atoms with Gasteiger partial charge in [-0.05, 0) is 17.7 Å². The van der Waals surface area contributed by atoms with Gasteiger partial charge in [-0.15, -0.1) is 0 Å². The molecular formula is C16H13N3S. The van der Waals surface area contributed by atoms with Crippen molar-refractivity contribution in [3.8, 4) is 6.07 Å². The largest absolute Gasteiger partial charge is 0.333 e. The molecule has 1 heterocycles. The number of thioether (sulfide) groups is 1. The fourth-order valence-corrected chi connectivity index (χ4v) is 2.99. The molecule has 1 N–H and O–H groups in total. The Morgan fingerprint density at radius 2 is 1.85 bits per heavy atom. The van der Waals surface area contributed by atoms with Crippen molar-refractivity contribution in [2.24, 2.45) is 0 Å². The summed E-state index contributed by atoms with van der Waals surface area (Å²) in [7, 11) is 0. The van der Waals surface area contributed by atoms with E-state index in [1.165, 1.54) is 0 Å². The van der Waals surface area contributed by atoms with Crippen LogP contribution in [0.3, 0.4) is 0 Å². The van der Waals surface area contributed by atoms with E-state index in [1.807, 2.05) is 54.6 Å². The first-order chi connectivity index (χ1) is 9.86. The molecule has 0 aliphatic carbocycles. The van der Waals surface area contributed by atoms with Gasteiger partial charge >= 0.3 is 0 Å². The van der Waals surface area contributed by atoms with Gasteiger partial charge in [0.2, 0.25) is 0 Å². The van der Waals surface area contributed by atoms with Crippen molar-refractivity contribution >= 4 is 22.8 Å². The number of aromatic nitrogens is 2. The van der Waals surface area contributed by atoms with Crippen molar-refractivity contribution in [2.45, 2.75) is 11.1 Å². The third-order valence-electron chi connectivity index (χ3n) is 3.11. The first-order valence-electron chi connectivity index (χ1n) is 6.39. The highest BCUT2D eigenvalue weighted by Gasteiger charge is 2.12. The molecule has 3 nitrogen and oxygen atoms in total. The van der Waals surface area contributed by atoms with Crippen LogP contribution in [0.4, 0.5) is 0 Å². The van der Waals surface area contributed by atoms with Crippen LogP contribution in [0.1, 0.15) is 11.5 Å². The molecule has 0 saturated heterocycles. The Bertz CT molecular complexity index is 710. The van der Waals surface area contributed by atoms with Crippen LogP contribution in [0.2, 0.25) is 0 Å². The molecule has 0 saturated carbocycles. The topological polar surface area (TPSA) is 52.5 Å². The molecule has 0 radical (unpaired) electrons. The Labute approximate surface area is 121 Å². The lowest BCUT2D eigenvalue weighted by Gasteiger charge is -2.07. The van der Waals surface area contributed by atoms with Crippen molar-refractivity contribution in [1.82, 2.24) is 9.97 Å². The molecule has 0 amide bonds. The number of nitriles is 1. The van der Waals surface area contributed by atoms with Crippen LogP contribution in [0.25, 0.3) is 11.0 Å². The van der Waals surface area contributed by atoms with E-state index in [-0.39, 0.29) is 5.92 Å². The third-order valence-corrected chi connectivity index (χ3v) is 4.08. The quantitative estimate of drug-likeness (QED) is 0.735. The molecule has 1 unspecified atom stereocenters. The summed E-state index contributed by atoms with van der Waals surface area (Å²) in [6, 6.07) is 20.2. The smallest absolute Gasteiger partial charge is 0.166 e. The van der Waals surface area contributed by atoms with Crippen LogP contribution in [-0.2, 0) is 0 Å². The van der Waals surface area contributed by atoms with Gasteiger partial charge in [-0.25, -0.2) is 4.98 Å². The monoisotopic (exact) mass is 279 g/mol. The molecule has 3 aromatic rings. The van der Waals surface area contributed by atoms with Crippen LogP contribution in [-0.4, -0.2) is 15.7 Å². The minimum atomic E-state index is -0.116. The summed E-state index contributed by atoms with van der Waals surface area (Å²) >= 11 is 1.58. The lowest BCUT2D eigenvalue weighted by atomic mass is 10.0. The molecule has 0 aliphatic rings. The molecule has 2 aromatic carbocycles. The zero-order valence-electron chi connectivity index (χ0n) is 10.8. The van der Waals surface area contributed by atoms with E-state index in [0.717, 1.165) is 21.8 Å². The van der Waals surface area contributed by atoms with Crippen molar-refractivity contribution in [1.29, 1.82) is 5.26 Å². The number of fused-ring (bicyclic) bond motifs is 1. The van der Waals surface area contributed by atoms with Crippen molar-refractivity contribution in [3.63, 3.8) is 0 Å². The molecule has 0 spiro atoms.